The van der Waals surface area contributed by atoms with E-state index in [0.29, 0.717) is 12.0 Å². The minimum Gasteiger partial charge on any atom is -0.304 e. The summed E-state index contributed by atoms with van der Waals surface area (Å²) < 4.78 is 12.9. The van der Waals surface area contributed by atoms with E-state index in [0.717, 1.165) is 38.9 Å². The number of rotatable bonds is 1. The second-order valence-corrected chi connectivity index (χ2v) is 3.95. The van der Waals surface area contributed by atoms with Crippen LogP contribution < -0.4 is 10.6 Å². The molecule has 0 radical (unpaired) electrons. The molecule has 0 aromatic rings. The van der Waals surface area contributed by atoms with Crippen molar-refractivity contribution in [2.75, 3.05) is 13.2 Å². The molecule has 0 aromatic heterocycles. The fourth-order valence-corrected chi connectivity index (χ4v) is 2.38. The van der Waals surface area contributed by atoms with Gasteiger partial charge in [-0.15, -0.1) is 0 Å². The van der Waals surface area contributed by atoms with E-state index in [4.69, 9.17) is 0 Å². The highest BCUT2D eigenvalue weighted by atomic mass is 19.1. The van der Waals surface area contributed by atoms with Gasteiger partial charge in [0.15, 0.2) is 0 Å². The summed E-state index contributed by atoms with van der Waals surface area (Å²) in [5.41, 5.74) is 0. The number of hydrogen-bond acceptors (Lipinski definition) is 2. The van der Waals surface area contributed by atoms with Crippen molar-refractivity contribution in [3.05, 3.63) is 0 Å². The van der Waals surface area contributed by atoms with Gasteiger partial charge in [-0.1, -0.05) is 0 Å². The maximum absolute atomic E-state index is 12.9. The van der Waals surface area contributed by atoms with E-state index in [1.54, 1.807) is 0 Å². The predicted octanol–water partition coefficient (Wildman–Crippen LogP) is 1.03. The first-order valence-corrected chi connectivity index (χ1v) is 4.94. The number of hydrogen-bond donors (Lipinski definition) is 2. The van der Waals surface area contributed by atoms with E-state index in [1.807, 2.05) is 0 Å². The molecular weight excluding hydrogens is 155 g/mol. The van der Waals surface area contributed by atoms with Crippen LogP contribution in [0.15, 0.2) is 0 Å². The molecule has 1 aliphatic heterocycles. The van der Waals surface area contributed by atoms with E-state index in [-0.39, 0.29) is 0 Å². The average Bonchev–Trinajstić information content (AvgIpc) is 2.54. The molecule has 2 nitrogen and oxygen atoms in total. The van der Waals surface area contributed by atoms with Crippen LogP contribution in [0.1, 0.15) is 25.7 Å². The van der Waals surface area contributed by atoms with Gasteiger partial charge in [0.2, 0.25) is 0 Å². The van der Waals surface area contributed by atoms with E-state index < -0.39 is 6.17 Å². The highest BCUT2D eigenvalue weighted by Gasteiger charge is 2.31. The van der Waals surface area contributed by atoms with E-state index in [9.17, 15) is 4.39 Å². The van der Waals surface area contributed by atoms with Crippen LogP contribution in [0.3, 0.4) is 0 Å². The average molecular weight is 172 g/mol. The van der Waals surface area contributed by atoms with Gasteiger partial charge in [0, 0.05) is 12.7 Å². The van der Waals surface area contributed by atoms with Gasteiger partial charge < -0.3 is 10.6 Å². The molecule has 1 aliphatic carbocycles. The Labute approximate surface area is 72.9 Å². The van der Waals surface area contributed by atoms with Crippen LogP contribution in [0.25, 0.3) is 0 Å². The van der Waals surface area contributed by atoms with Crippen molar-refractivity contribution in [2.24, 2.45) is 5.92 Å². The molecule has 0 aromatic carbocycles. The van der Waals surface area contributed by atoms with Crippen molar-refractivity contribution in [2.45, 2.75) is 37.9 Å². The Hall–Kier alpha value is -0.150. The Morgan fingerprint density at radius 3 is 2.67 bits per heavy atom. The van der Waals surface area contributed by atoms with Crippen LogP contribution in [0.4, 0.5) is 4.39 Å². The molecule has 1 heterocycles. The highest BCUT2D eigenvalue weighted by molar-refractivity contribution is 4.86. The molecule has 0 spiro atoms. The lowest BCUT2D eigenvalue weighted by atomic mass is 9.94. The molecular formula is C9H17FN2. The Kier molecular flexibility index (Phi) is 2.61. The molecule has 2 fully saturated rings. The van der Waals surface area contributed by atoms with Gasteiger partial charge in [0.25, 0.3) is 0 Å². The monoisotopic (exact) mass is 172 g/mol. The second-order valence-electron chi connectivity index (χ2n) is 3.95. The normalized spacial score (nSPS) is 43.2. The summed E-state index contributed by atoms with van der Waals surface area (Å²) in [7, 11) is 0. The summed E-state index contributed by atoms with van der Waals surface area (Å²) in [5.74, 6) is 0.599. The van der Waals surface area contributed by atoms with Crippen molar-refractivity contribution in [3.63, 3.8) is 0 Å². The SMILES string of the molecule is FC1CCC([C@H]2CCNCN2)C1. The minimum absolute atomic E-state index is 0.522. The molecule has 2 N–H and O–H groups in total. The molecule has 2 rings (SSSR count). The van der Waals surface area contributed by atoms with Crippen LogP contribution in [-0.4, -0.2) is 25.4 Å². The number of nitrogens with one attached hydrogen (secondary N) is 2. The van der Waals surface area contributed by atoms with Crippen LogP contribution >= 0.6 is 0 Å². The van der Waals surface area contributed by atoms with Crippen molar-refractivity contribution >= 4 is 0 Å². The zero-order chi connectivity index (χ0) is 8.39. The number of halogens is 1. The largest absolute Gasteiger partial charge is 0.304 e. The standard InChI is InChI=1S/C9H17FN2/c10-8-2-1-7(5-8)9-3-4-11-6-12-9/h7-9,11-12H,1-6H2/t7?,8?,9-/m1/s1. The molecule has 1 saturated heterocycles. The molecule has 0 amide bonds. The first-order chi connectivity index (χ1) is 5.86. The number of alkyl halides is 1. The quantitative estimate of drug-likeness (QED) is 0.617. The van der Waals surface area contributed by atoms with Gasteiger partial charge in [-0.3, -0.25) is 0 Å². The van der Waals surface area contributed by atoms with Gasteiger partial charge in [0.1, 0.15) is 6.17 Å². The van der Waals surface area contributed by atoms with Gasteiger partial charge >= 0.3 is 0 Å². The van der Waals surface area contributed by atoms with Gasteiger partial charge in [-0.05, 0) is 38.1 Å². The smallest absolute Gasteiger partial charge is 0.100 e. The third kappa shape index (κ3) is 1.77. The summed E-state index contributed by atoms with van der Waals surface area (Å²) in [6, 6.07) is 0.576. The van der Waals surface area contributed by atoms with Gasteiger partial charge in [-0.2, -0.15) is 0 Å². The van der Waals surface area contributed by atoms with E-state index >= 15 is 0 Å². The highest BCUT2D eigenvalue weighted by Crippen LogP contribution is 2.31. The van der Waals surface area contributed by atoms with Gasteiger partial charge in [-0.25, -0.2) is 4.39 Å². The topological polar surface area (TPSA) is 24.1 Å². The molecule has 0 bridgehead atoms. The Morgan fingerprint density at radius 1 is 1.17 bits per heavy atom. The minimum atomic E-state index is -0.522. The van der Waals surface area contributed by atoms with Crippen LogP contribution in [0, 0.1) is 5.92 Å². The van der Waals surface area contributed by atoms with Crippen molar-refractivity contribution in [1.82, 2.24) is 10.6 Å². The molecule has 2 aliphatic rings. The predicted molar refractivity (Wildman–Crippen MR) is 46.6 cm³/mol. The Balaban J connectivity index is 1.83. The molecule has 3 heteroatoms. The van der Waals surface area contributed by atoms with Crippen LogP contribution in [0.2, 0.25) is 0 Å². The van der Waals surface area contributed by atoms with Crippen molar-refractivity contribution in [3.8, 4) is 0 Å². The maximum atomic E-state index is 12.9. The van der Waals surface area contributed by atoms with E-state index in [2.05, 4.69) is 10.6 Å². The summed E-state index contributed by atoms with van der Waals surface area (Å²) >= 11 is 0. The molecule has 12 heavy (non-hydrogen) atoms. The first-order valence-electron chi connectivity index (χ1n) is 4.94. The lowest BCUT2D eigenvalue weighted by molar-refractivity contribution is 0.269. The maximum Gasteiger partial charge on any atom is 0.100 e. The third-order valence-electron chi connectivity index (χ3n) is 3.10. The lowest BCUT2D eigenvalue weighted by Crippen LogP contribution is -2.48. The fourth-order valence-electron chi connectivity index (χ4n) is 2.38. The zero-order valence-corrected chi connectivity index (χ0v) is 7.35. The summed E-state index contributed by atoms with van der Waals surface area (Å²) in [6.07, 6.45) is 3.30. The summed E-state index contributed by atoms with van der Waals surface area (Å²) in [5, 5.41) is 6.65. The zero-order valence-electron chi connectivity index (χ0n) is 7.35. The van der Waals surface area contributed by atoms with Crippen molar-refractivity contribution in [1.29, 1.82) is 0 Å². The van der Waals surface area contributed by atoms with Crippen molar-refractivity contribution < 1.29 is 4.39 Å². The Morgan fingerprint density at radius 2 is 2.08 bits per heavy atom. The molecule has 70 valence electrons. The summed E-state index contributed by atoms with van der Waals surface area (Å²) in [4.78, 5) is 0. The molecule has 2 unspecified atom stereocenters. The lowest BCUT2D eigenvalue weighted by Gasteiger charge is -2.29. The van der Waals surface area contributed by atoms with E-state index in [1.165, 1.54) is 0 Å². The van der Waals surface area contributed by atoms with Crippen LogP contribution in [-0.2, 0) is 0 Å². The molecule has 1 saturated carbocycles. The fraction of sp³-hybridized carbons (Fsp3) is 1.00. The van der Waals surface area contributed by atoms with Crippen LogP contribution in [0.5, 0.6) is 0 Å². The Bertz CT molecular complexity index is 143. The molecule has 3 atom stereocenters. The summed E-state index contributed by atoms with van der Waals surface area (Å²) in [6.45, 7) is 1.99. The first kappa shape index (κ1) is 8.45. The second kappa shape index (κ2) is 3.71. The third-order valence-corrected chi connectivity index (χ3v) is 3.10. The van der Waals surface area contributed by atoms with Gasteiger partial charge in [0.05, 0.1) is 0 Å².